The predicted molar refractivity (Wildman–Crippen MR) is 69.8 cm³/mol. The van der Waals surface area contributed by atoms with Gasteiger partial charge in [0.05, 0.1) is 11.7 Å². The van der Waals surface area contributed by atoms with Crippen LogP contribution in [0, 0.1) is 0 Å². The molecule has 2 atom stereocenters. The minimum atomic E-state index is 0.276. The highest BCUT2D eigenvalue weighted by Gasteiger charge is 2.41. The molecule has 1 aliphatic heterocycles. The summed E-state index contributed by atoms with van der Waals surface area (Å²) in [4.78, 5) is 0. The fraction of sp³-hybridized carbons (Fsp3) is 0.867. The fourth-order valence-electron chi connectivity index (χ4n) is 3.90. The van der Waals surface area contributed by atoms with Crippen molar-refractivity contribution in [3.63, 3.8) is 0 Å². The minimum Gasteiger partial charge on any atom is -0.368 e. The van der Waals surface area contributed by atoms with E-state index in [9.17, 15) is 0 Å². The Morgan fingerprint density at radius 1 is 1.12 bits per heavy atom. The topological polar surface area (TPSA) is 35.2 Å². The zero-order valence-electron chi connectivity index (χ0n) is 10.8. The van der Waals surface area contributed by atoms with Crippen LogP contribution in [-0.2, 0) is 4.74 Å². The zero-order chi connectivity index (χ0) is 11.7. The number of ether oxygens (including phenoxy) is 1. The van der Waals surface area contributed by atoms with Gasteiger partial charge in [-0.15, -0.1) is 0 Å². The molecule has 0 aromatic heterocycles. The Balaban J connectivity index is 1.61. The molecule has 0 radical (unpaired) electrons. The molecule has 0 bridgehead atoms. The van der Waals surface area contributed by atoms with Crippen molar-refractivity contribution >= 4 is 0 Å². The lowest BCUT2D eigenvalue weighted by Crippen LogP contribution is -2.26. The predicted octanol–water partition coefficient (Wildman–Crippen LogP) is 3.31. The second-order valence-corrected chi connectivity index (χ2v) is 6.27. The van der Waals surface area contributed by atoms with Crippen LogP contribution in [0.3, 0.4) is 0 Å². The third kappa shape index (κ3) is 2.58. The van der Waals surface area contributed by atoms with E-state index in [0.29, 0.717) is 12.1 Å². The van der Waals surface area contributed by atoms with Crippen molar-refractivity contribution < 1.29 is 4.74 Å². The summed E-state index contributed by atoms with van der Waals surface area (Å²) in [6.45, 7) is 0. The van der Waals surface area contributed by atoms with Crippen LogP contribution in [0.5, 0.6) is 0 Å². The molecule has 2 N–H and O–H groups in total. The van der Waals surface area contributed by atoms with Crippen molar-refractivity contribution in [2.45, 2.75) is 82.0 Å². The van der Waals surface area contributed by atoms with E-state index in [-0.39, 0.29) is 5.60 Å². The third-order valence-corrected chi connectivity index (χ3v) is 4.82. The van der Waals surface area contributed by atoms with Crippen LogP contribution in [0.25, 0.3) is 0 Å². The fourth-order valence-corrected chi connectivity index (χ4v) is 3.90. The van der Waals surface area contributed by atoms with Gasteiger partial charge in [-0.2, -0.15) is 0 Å². The van der Waals surface area contributed by atoms with Crippen molar-refractivity contribution in [3.05, 3.63) is 11.6 Å². The van der Waals surface area contributed by atoms with Gasteiger partial charge in [0.15, 0.2) is 0 Å². The van der Waals surface area contributed by atoms with Gasteiger partial charge in [-0.05, 0) is 51.4 Å². The van der Waals surface area contributed by atoms with Gasteiger partial charge in [-0.1, -0.05) is 24.5 Å². The van der Waals surface area contributed by atoms with E-state index >= 15 is 0 Å². The average Bonchev–Trinajstić information content (AvgIpc) is 2.90. The first kappa shape index (κ1) is 11.7. The Labute approximate surface area is 105 Å². The molecule has 2 heteroatoms. The van der Waals surface area contributed by atoms with Gasteiger partial charge in [-0.3, -0.25) is 0 Å². The van der Waals surface area contributed by atoms with Gasteiger partial charge in [0.1, 0.15) is 0 Å². The molecule has 1 spiro atoms. The van der Waals surface area contributed by atoms with Gasteiger partial charge in [0, 0.05) is 6.04 Å². The standard InChI is InChI=1S/C15H25NO/c16-13-5-3-4-12(10-13)11-14-6-9-15(17-14)7-1-2-8-15/h11,13-14H,1-10,16H2. The summed E-state index contributed by atoms with van der Waals surface area (Å²) < 4.78 is 6.33. The van der Waals surface area contributed by atoms with Crippen molar-refractivity contribution in [1.82, 2.24) is 0 Å². The van der Waals surface area contributed by atoms with Crippen LogP contribution in [0.1, 0.15) is 64.2 Å². The molecule has 1 heterocycles. The van der Waals surface area contributed by atoms with E-state index in [1.807, 2.05) is 0 Å². The van der Waals surface area contributed by atoms with Crippen molar-refractivity contribution in [1.29, 1.82) is 0 Å². The summed E-state index contributed by atoms with van der Waals surface area (Å²) in [6, 6.07) is 0.400. The molecule has 3 fully saturated rings. The number of hydrogen-bond donors (Lipinski definition) is 1. The van der Waals surface area contributed by atoms with Crippen molar-refractivity contribution in [2.75, 3.05) is 0 Å². The van der Waals surface area contributed by atoms with Crippen LogP contribution in [0.2, 0.25) is 0 Å². The molecule has 0 amide bonds. The number of hydrogen-bond acceptors (Lipinski definition) is 2. The van der Waals surface area contributed by atoms with Crippen molar-refractivity contribution in [3.8, 4) is 0 Å². The molecule has 2 aliphatic carbocycles. The molecule has 1 saturated heterocycles. The molecule has 17 heavy (non-hydrogen) atoms. The first-order chi connectivity index (χ1) is 8.26. The molecule has 2 nitrogen and oxygen atoms in total. The van der Waals surface area contributed by atoms with Crippen molar-refractivity contribution in [2.24, 2.45) is 5.73 Å². The normalized spacial score (nSPS) is 39.2. The first-order valence-electron chi connectivity index (χ1n) is 7.39. The number of nitrogens with two attached hydrogens (primary N) is 1. The van der Waals surface area contributed by atoms with E-state index in [1.165, 1.54) is 57.8 Å². The lowest BCUT2D eigenvalue weighted by molar-refractivity contribution is -0.0183. The Morgan fingerprint density at radius 3 is 2.71 bits per heavy atom. The highest BCUT2D eigenvalue weighted by molar-refractivity contribution is 5.12. The van der Waals surface area contributed by atoms with E-state index < -0.39 is 0 Å². The largest absolute Gasteiger partial charge is 0.368 e. The Morgan fingerprint density at radius 2 is 1.94 bits per heavy atom. The lowest BCUT2D eigenvalue weighted by Gasteiger charge is -2.24. The highest BCUT2D eigenvalue weighted by atomic mass is 16.5. The monoisotopic (exact) mass is 235 g/mol. The van der Waals surface area contributed by atoms with Gasteiger partial charge < -0.3 is 10.5 Å². The van der Waals surface area contributed by atoms with E-state index in [2.05, 4.69) is 6.08 Å². The Hall–Kier alpha value is -0.340. The first-order valence-corrected chi connectivity index (χ1v) is 7.39. The molecular formula is C15H25NO. The van der Waals surface area contributed by atoms with Gasteiger partial charge >= 0.3 is 0 Å². The average molecular weight is 235 g/mol. The summed E-state index contributed by atoms with van der Waals surface area (Å²) in [5.41, 5.74) is 7.87. The molecule has 0 aromatic carbocycles. The summed E-state index contributed by atoms with van der Waals surface area (Å²) in [6.07, 6.45) is 15.5. The maximum absolute atomic E-state index is 6.33. The Bertz CT molecular complexity index is 304. The van der Waals surface area contributed by atoms with E-state index in [0.717, 1.165) is 6.42 Å². The van der Waals surface area contributed by atoms with E-state index in [4.69, 9.17) is 10.5 Å². The molecular weight excluding hydrogens is 210 g/mol. The molecule has 3 rings (SSSR count). The van der Waals surface area contributed by atoms with Crippen LogP contribution in [0.4, 0.5) is 0 Å². The van der Waals surface area contributed by atoms with Gasteiger partial charge in [0.25, 0.3) is 0 Å². The summed E-state index contributed by atoms with van der Waals surface area (Å²) in [5, 5.41) is 0. The number of rotatable bonds is 1. The molecule has 2 saturated carbocycles. The van der Waals surface area contributed by atoms with Crippen LogP contribution < -0.4 is 5.73 Å². The van der Waals surface area contributed by atoms with E-state index in [1.54, 1.807) is 5.57 Å². The zero-order valence-corrected chi connectivity index (χ0v) is 10.8. The van der Waals surface area contributed by atoms with Gasteiger partial charge in [-0.25, -0.2) is 0 Å². The molecule has 0 aromatic rings. The second-order valence-electron chi connectivity index (χ2n) is 6.27. The van der Waals surface area contributed by atoms with Crippen LogP contribution >= 0.6 is 0 Å². The summed E-state index contributed by atoms with van der Waals surface area (Å²) >= 11 is 0. The summed E-state index contributed by atoms with van der Waals surface area (Å²) in [5.74, 6) is 0. The van der Waals surface area contributed by atoms with Gasteiger partial charge in [0.2, 0.25) is 0 Å². The second kappa shape index (κ2) is 4.74. The molecule has 96 valence electrons. The maximum atomic E-state index is 6.33. The quantitative estimate of drug-likeness (QED) is 0.708. The smallest absolute Gasteiger partial charge is 0.0767 e. The van der Waals surface area contributed by atoms with Crippen LogP contribution in [0.15, 0.2) is 11.6 Å². The highest BCUT2D eigenvalue weighted by Crippen LogP contribution is 2.44. The lowest BCUT2D eigenvalue weighted by atomic mass is 9.90. The molecule has 3 aliphatic rings. The maximum Gasteiger partial charge on any atom is 0.0767 e. The third-order valence-electron chi connectivity index (χ3n) is 4.82. The Kier molecular flexibility index (Phi) is 3.27. The summed E-state index contributed by atoms with van der Waals surface area (Å²) in [7, 11) is 0. The minimum absolute atomic E-state index is 0.276. The van der Waals surface area contributed by atoms with Crippen LogP contribution in [-0.4, -0.2) is 17.7 Å². The molecule has 2 unspecified atom stereocenters. The SMILES string of the molecule is NC1CCCC(=CC2CCC3(CCCC3)O2)C1.